The van der Waals surface area contributed by atoms with Gasteiger partial charge in [-0.3, -0.25) is 0 Å². The van der Waals surface area contributed by atoms with E-state index in [-0.39, 0.29) is 5.75 Å². The molecule has 7 heteroatoms. The molecule has 6 nitrogen and oxygen atoms in total. The van der Waals surface area contributed by atoms with Crippen LogP contribution in [0.15, 0.2) is 30.3 Å². The molecule has 0 spiro atoms. The molecule has 0 radical (unpaired) electrons. The fourth-order valence-electron chi connectivity index (χ4n) is 2.62. The van der Waals surface area contributed by atoms with Gasteiger partial charge in [-0.25, -0.2) is 0 Å². The van der Waals surface area contributed by atoms with Gasteiger partial charge >= 0.3 is 0 Å². The largest absolute Gasteiger partial charge is 0.616 e. The van der Waals surface area contributed by atoms with Crippen LogP contribution in [0, 0.1) is 0 Å². The van der Waals surface area contributed by atoms with Crippen molar-refractivity contribution in [3.8, 4) is 28.7 Å². The zero-order valence-electron chi connectivity index (χ0n) is 15.4. The van der Waals surface area contributed by atoms with Crippen molar-refractivity contribution in [3.63, 3.8) is 0 Å². The number of rotatable bonds is 9. The van der Waals surface area contributed by atoms with Crippen molar-refractivity contribution in [1.29, 1.82) is 0 Å². The van der Waals surface area contributed by atoms with Crippen molar-refractivity contribution in [2.45, 2.75) is 12.2 Å². The highest BCUT2D eigenvalue weighted by Crippen LogP contribution is 2.35. The minimum atomic E-state index is -1.11. The predicted octanol–water partition coefficient (Wildman–Crippen LogP) is 2.92. The van der Waals surface area contributed by atoms with Crippen molar-refractivity contribution in [2.75, 3.05) is 34.2 Å². The zero-order chi connectivity index (χ0) is 19.1. The molecule has 0 bridgehead atoms. The van der Waals surface area contributed by atoms with Gasteiger partial charge in [-0.05, 0) is 23.3 Å². The number of benzene rings is 2. The monoisotopic (exact) mass is 380 g/mol. The van der Waals surface area contributed by atoms with E-state index in [4.69, 9.17) is 18.9 Å². The zero-order valence-corrected chi connectivity index (χ0v) is 16.2. The van der Waals surface area contributed by atoms with E-state index in [0.29, 0.717) is 40.9 Å². The molecule has 26 heavy (non-hydrogen) atoms. The molecule has 0 aliphatic heterocycles. The van der Waals surface area contributed by atoms with E-state index in [2.05, 4.69) is 0 Å². The van der Waals surface area contributed by atoms with Crippen LogP contribution < -0.4 is 18.9 Å². The Morgan fingerprint density at radius 1 is 0.885 bits per heavy atom. The average molecular weight is 380 g/mol. The average Bonchev–Trinajstić information content (AvgIpc) is 2.65. The lowest BCUT2D eigenvalue weighted by atomic mass is 10.1. The van der Waals surface area contributed by atoms with Gasteiger partial charge in [0.1, 0.15) is 28.8 Å². The van der Waals surface area contributed by atoms with Crippen LogP contribution in [0.4, 0.5) is 0 Å². The smallest absolute Gasteiger partial charge is 0.160 e. The maximum Gasteiger partial charge on any atom is 0.160 e. The van der Waals surface area contributed by atoms with E-state index in [9.17, 15) is 9.66 Å². The molecule has 0 aliphatic carbocycles. The maximum atomic E-state index is 12.5. The van der Waals surface area contributed by atoms with Crippen LogP contribution in [0.1, 0.15) is 11.1 Å². The molecule has 0 saturated carbocycles. The molecular weight excluding hydrogens is 356 g/mol. The fraction of sp³-hybridized carbons (Fsp3) is 0.368. The Morgan fingerprint density at radius 2 is 1.50 bits per heavy atom. The molecule has 1 unspecified atom stereocenters. The summed E-state index contributed by atoms with van der Waals surface area (Å²) < 4.78 is 33.5. The standard InChI is InChI=1S/C19H24O6S/c1-22-14-10-18(24-3)15(19(11-14)25-4)7-8-26(21)12-13-5-6-17(23-2)16(20)9-13/h5-6,9-11,20H,7-8,12H2,1-4H3. The van der Waals surface area contributed by atoms with Gasteiger partial charge < -0.3 is 28.6 Å². The van der Waals surface area contributed by atoms with Gasteiger partial charge in [-0.15, -0.1) is 0 Å². The van der Waals surface area contributed by atoms with E-state index in [1.165, 1.54) is 7.11 Å². The quantitative estimate of drug-likeness (QED) is 0.674. The summed E-state index contributed by atoms with van der Waals surface area (Å²) in [5.41, 5.74) is 1.64. The number of phenols is 1. The first-order valence-corrected chi connectivity index (χ1v) is 9.50. The van der Waals surface area contributed by atoms with Gasteiger partial charge in [0.15, 0.2) is 11.5 Å². The minimum absolute atomic E-state index is 0.0421. The molecule has 2 aromatic carbocycles. The summed E-state index contributed by atoms with van der Waals surface area (Å²) in [7, 11) is 6.22. The summed E-state index contributed by atoms with van der Waals surface area (Å²) in [5.74, 6) is 3.13. The van der Waals surface area contributed by atoms with Gasteiger partial charge in [0.2, 0.25) is 0 Å². The summed E-state index contributed by atoms with van der Waals surface area (Å²) in [5, 5.41) is 9.83. The minimum Gasteiger partial charge on any atom is -0.616 e. The van der Waals surface area contributed by atoms with Crippen LogP contribution in [-0.2, 0) is 23.3 Å². The van der Waals surface area contributed by atoms with Crippen molar-refractivity contribution >= 4 is 11.2 Å². The van der Waals surface area contributed by atoms with Gasteiger partial charge in [0.05, 0.1) is 28.4 Å². The molecular formula is C19H24O6S. The normalized spacial score (nSPS) is 11.7. The molecule has 1 N–H and O–H groups in total. The van der Waals surface area contributed by atoms with Gasteiger partial charge in [-0.2, -0.15) is 0 Å². The number of ether oxygens (including phenoxy) is 4. The summed E-state index contributed by atoms with van der Waals surface area (Å²) in [6, 6.07) is 8.60. The molecule has 0 aliphatic rings. The number of methoxy groups -OCH3 is 4. The van der Waals surface area contributed by atoms with Crippen LogP contribution >= 0.6 is 0 Å². The Hall–Kier alpha value is -2.25. The van der Waals surface area contributed by atoms with E-state index in [1.807, 2.05) is 0 Å². The van der Waals surface area contributed by atoms with Crippen molar-refractivity contribution < 1.29 is 28.6 Å². The van der Waals surface area contributed by atoms with Crippen LogP contribution in [0.3, 0.4) is 0 Å². The summed E-state index contributed by atoms with van der Waals surface area (Å²) in [4.78, 5) is 0. The lowest BCUT2D eigenvalue weighted by Gasteiger charge is -2.16. The number of hydrogen-bond donors (Lipinski definition) is 1. The van der Waals surface area contributed by atoms with Gasteiger partial charge in [0, 0.05) is 29.7 Å². The van der Waals surface area contributed by atoms with Crippen LogP contribution in [0.2, 0.25) is 0 Å². The molecule has 0 aromatic heterocycles. The van der Waals surface area contributed by atoms with Gasteiger partial charge in [0.25, 0.3) is 0 Å². The maximum absolute atomic E-state index is 12.5. The van der Waals surface area contributed by atoms with Crippen molar-refractivity contribution in [1.82, 2.24) is 0 Å². The second-order valence-electron chi connectivity index (χ2n) is 5.55. The fourth-order valence-corrected chi connectivity index (χ4v) is 3.75. The second-order valence-corrected chi connectivity index (χ2v) is 7.13. The van der Waals surface area contributed by atoms with Crippen LogP contribution in [0.25, 0.3) is 0 Å². The number of hydrogen-bond acceptors (Lipinski definition) is 6. The Kier molecular flexibility index (Phi) is 7.29. The molecule has 0 heterocycles. The summed E-state index contributed by atoms with van der Waals surface area (Å²) >= 11 is -1.11. The molecule has 142 valence electrons. The highest BCUT2D eigenvalue weighted by atomic mass is 32.2. The van der Waals surface area contributed by atoms with E-state index in [0.717, 1.165) is 11.1 Å². The molecule has 0 saturated heterocycles. The van der Waals surface area contributed by atoms with Crippen LogP contribution in [0.5, 0.6) is 28.7 Å². The molecule has 0 fully saturated rings. The third-order valence-corrected chi connectivity index (χ3v) is 5.28. The van der Waals surface area contributed by atoms with E-state index < -0.39 is 11.2 Å². The highest BCUT2D eigenvalue weighted by Gasteiger charge is 2.17. The third kappa shape index (κ3) is 4.89. The van der Waals surface area contributed by atoms with Crippen LogP contribution in [-0.4, -0.2) is 43.9 Å². The lowest BCUT2D eigenvalue weighted by Crippen LogP contribution is -2.12. The SMILES string of the molecule is COc1cc(OC)c(CC[S+]([O-])Cc2ccc(OC)c(O)c2)c(OC)c1. The lowest BCUT2D eigenvalue weighted by molar-refractivity contribution is 0.369. The first-order valence-electron chi connectivity index (χ1n) is 8.02. The van der Waals surface area contributed by atoms with Gasteiger partial charge in [-0.1, -0.05) is 6.07 Å². The Balaban J connectivity index is 2.07. The second kappa shape index (κ2) is 9.45. The number of phenolic OH excluding ortho intramolecular Hbond substituents is 1. The third-order valence-electron chi connectivity index (χ3n) is 3.97. The Morgan fingerprint density at radius 3 is 2.00 bits per heavy atom. The Labute approximate surface area is 156 Å². The Bertz CT molecular complexity index is 709. The predicted molar refractivity (Wildman–Crippen MR) is 101 cm³/mol. The summed E-state index contributed by atoms with van der Waals surface area (Å²) in [6.07, 6.45) is 0.533. The molecule has 2 aromatic rings. The highest BCUT2D eigenvalue weighted by molar-refractivity contribution is 7.90. The van der Waals surface area contributed by atoms with Crippen molar-refractivity contribution in [2.24, 2.45) is 0 Å². The first kappa shape index (κ1) is 20.1. The first-order chi connectivity index (χ1) is 12.5. The van der Waals surface area contributed by atoms with E-state index in [1.54, 1.807) is 51.7 Å². The molecule has 2 rings (SSSR count). The molecule has 0 amide bonds. The van der Waals surface area contributed by atoms with E-state index >= 15 is 0 Å². The topological polar surface area (TPSA) is 80.2 Å². The molecule has 1 atom stereocenters. The number of aromatic hydroxyl groups is 1. The summed E-state index contributed by atoms with van der Waals surface area (Å²) in [6.45, 7) is 0. The van der Waals surface area contributed by atoms with Crippen molar-refractivity contribution in [3.05, 3.63) is 41.5 Å².